The van der Waals surface area contributed by atoms with Gasteiger partial charge in [-0.25, -0.2) is 9.97 Å². The SMILES string of the molecule is CCN(C)C(=O)c1ccc(-c2ccc3c(n2)Oc2nc(C)ccc2[C@@H]3C(C)(C)C(=O)Nc2nnc(C(=O)NCC(F)(F)F)s2)cc1. The highest BCUT2D eigenvalue weighted by Gasteiger charge is 2.45. The quantitative estimate of drug-likeness (QED) is 0.251. The minimum Gasteiger partial charge on any atom is -0.420 e. The van der Waals surface area contributed by atoms with Crippen LogP contribution < -0.4 is 15.4 Å². The van der Waals surface area contributed by atoms with E-state index >= 15 is 0 Å². The number of hydrogen-bond donors (Lipinski definition) is 2. The van der Waals surface area contributed by atoms with Crippen LogP contribution in [0.1, 0.15) is 63.7 Å². The number of amides is 3. The van der Waals surface area contributed by atoms with Gasteiger partial charge in [-0.3, -0.25) is 14.4 Å². The van der Waals surface area contributed by atoms with Crippen LogP contribution in [0, 0.1) is 12.3 Å². The molecule has 0 radical (unpaired) electrons. The molecule has 1 aliphatic rings. The Kier molecular flexibility index (Phi) is 8.80. The number of carbonyl (C=O) groups excluding carboxylic acids is 3. The van der Waals surface area contributed by atoms with Crippen LogP contribution in [0.3, 0.4) is 0 Å². The van der Waals surface area contributed by atoms with Gasteiger partial charge in [-0.05, 0) is 38.1 Å². The molecule has 1 atom stereocenters. The van der Waals surface area contributed by atoms with Crippen molar-refractivity contribution in [3.63, 3.8) is 0 Å². The fraction of sp³-hybridized carbons (Fsp3) is 0.323. The van der Waals surface area contributed by atoms with Gasteiger partial charge in [0.15, 0.2) is 0 Å². The van der Waals surface area contributed by atoms with Gasteiger partial charge in [0.25, 0.3) is 11.8 Å². The molecule has 3 aromatic heterocycles. The fourth-order valence-corrected chi connectivity index (χ4v) is 5.61. The number of fused-ring (bicyclic) bond motifs is 2. The first kappa shape index (κ1) is 32.5. The number of nitrogens with zero attached hydrogens (tertiary/aromatic N) is 5. The summed E-state index contributed by atoms with van der Waals surface area (Å²) in [6.45, 7) is 6.22. The van der Waals surface area contributed by atoms with Crippen molar-refractivity contribution in [2.45, 2.75) is 39.8 Å². The first-order valence-electron chi connectivity index (χ1n) is 14.2. The number of ether oxygens (including phenoxy) is 1. The third-order valence-electron chi connectivity index (χ3n) is 7.58. The number of nitrogens with one attached hydrogen (secondary N) is 2. The molecule has 4 heterocycles. The monoisotopic (exact) mass is 653 g/mol. The van der Waals surface area contributed by atoms with Crippen molar-refractivity contribution in [3.8, 4) is 23.0 Å². The molecule has 2 N–H and O–H groups in total. The average molecular weight is 654 g/mol. The summed E-state index contributed by atoms with van der Waals surface area (Å²) in [5.41, 5.74) is 2.69. The summed E-state index contributed by atoms with van der Waals surface area (Å²) in [5.74, 6) is -1.67. The van der Waals surface area contributed by atoms with Crippen LogP contribution in [0.15, 0.2) is 48.5 Å². The van der Waals surface area contributed by atoms with E-state index in [1.54, 1.807) is 61.4 Å². The molecular formula is C31H30F3N7O4S. The summed E-state index contributed by atoms with van der Waals surface area (Å²) >= 11 is 0.654. The van der Waals surface area contributed by atoms with Gasteiger partial charge in [0, 0.05) is 47.5 Å². The predicted molar refractivity (Wildman–Crippen MR) is 164 cm³/mol. The maximum atomic E-state index is 13.8. The zero-order valence-electron chi connectivity index (χ0n) is 25.5. The number of rotatable bonds is 8. The summed E-state index contributed by atoms with van der Waals surface area (Å²) in [7, 11) is 1.73. The number of pyridine rings is 2. The van der Waals surface area contributed by atoms with Crippen molar-refractivity contribution >= 4 is 34.2 Å². The standard InChI is InChI=1S/C31H30F3N7O4S/c1-6-41(5)27(43)18-10-8-17(9-11-18)21-14-13-20-22(19-12-7-16(2)36-24(19)45-25(20)37-21)30(3,4)28(44)38-29-40-39-26(46-29)23(42)35-15-31(32,33)34/h7-14,22H,6,15H2,1-5H3,(H,35,42)(H,38,40,44)/t22-/m0/s1. The molecule has 4 aromatic rings. The van der Waals surface area contributed by atoms with E-state index < -0.39 is 35.9 Å². The molecule has 0 fully saturated rings. The highest BCUT2D eigenvalue weighted by atomic mass is 32.1. The summed E-state index contributed by atoms with van der Waals surface area (Å²) in [6.07, 6.45) is -4.59. The van der Waals surface area contributed by atoms with Crippen LogP contribution in [0.2, 0.25) is 0 Å². The smallest absolute Gasteiger partial charge is 0.405 e. The van der Waals surface area contributed by atoms with Gasteiger partial charge in [-0.2, -0.15) is 13.2 Å². The van der Waals surface area contributed by atoms with E-state index in [2.05, 4.69) is 20.5 Å². The largest absolute Gasteiger partial charge is 0.420 e. The van der Waals surface area contributed by atoms with Crippen LogP contribution in [0.4, 0.5) is 18.3 Å². The Bertz CT molecular complexity index is 1810. The lowest BCUT2D eigenvalue weighted by Gasteiger charge is -2.37. The van der Waals surface area contributed by atoms with Gasteiger partial charge in [-0.1, -0.05) is 49.4 Å². The molecule has 1 aromatic carbocycles. The molecule has 5 rings (SSSR count). The van der Waals surface area contributed by atoms with E-state index in [1.807, 2.05) is 32.0 Å². The Morgan fingerprint density at radius 1 is 0.957 bits per heavy atom. The molecule has 0 saturated heterocycles. The topological polar surface area (TPSA) is 139 Å². The lowest BCUT2D eigenvalue weighted by atomic mass is 9.70. The Labute approximate surface area is 266 Å². The Morgan fingerprint density at radius 3 is 2.26 bits per heavy atom. The van der Waals surface area contributed by atoms with Crippen molar-refractivity contribution in [2.75, 3.05) is 25.5 Å². The molecular weight excluding hydrogens is 623 g/mol. The molecule has 3 amide bonds. The van der Waals surface area contributed by atoms with Crippen molar-refractivity contribution in [1.82, 2.24) is 30.4 Å². The molecule has 15 heteroatoms. The summed E-state index contributed by atoms with van der Waals surface area (Å²) < 4.78 is 43.7. The van der Waals surface area contributed by atoms with Crippen molar-refractivity contribution in [2.24, 2.45) is 5.41 Å². The molecule has 240 valence electrons. The Hall–Kier alpha value is -4.92. The number of aromatic nitrogens is 4. The van der Waals surface area contributed by atoms with E-state index in [-0.39, 0.29) is 21.9 Å². The number of aryl methyl sites for hydroxylation is 1. The summed E-state index contributed by atoms with van der Waals surface area (Å²) in [6, 6.07) is 14.4. The maximum Gasteiger partial charge on any atom is 0.405 e. The fourth-order valence-electron chi connectivity index (χ4n) is 4.95. The molecule has 11 nitrogen and oxygen atoms in total. The number of hydrogen-bond acceptors (Lipinski definition) is 9. The molecule has 0 aliphatic carbocycles. The van der Waals surface area contributed by atoms with Gasteiger partial charge >= 0.3 is 6.18 Å². The molecule has 1 aliphatic heterocycles. The maximum absolute atomic E-state index is 13.8. The zero-order valence-corrected chi connectivity index (χ0v) is 26.3. The van der Waals surface area contributed by atoms with Crippen molar-refractivity contribution in [1.29, 1.82) is 0 Å². The van der Waals surface area contributed by atoms with Crippen LogP contribution in [0.25, 0.3) is 11.3 Å². The number of carbonyl (C=O) groups is 3. The second-order valence-corrected chi connectivity index (χ2v) is 12.2. The Morgan fingerprint density at radius 2 is 1.61 bits per heavy atom. The van der Waals surface area contributed by atoms with Crippen molar-refractivity contribution in [3.05, 3.63) is 75.9 Å². The number of alkyl halides is 3. The van der Waals surface area contributed by atoms with Gasteiger partial charge in [0.05, 0.1) is 11.1 Å². The second kappa shape index (κ2) is 12.5. The zero-order chi connectivity index (χ0) is 33.4. The third kappa shape index (κ3) is 6.68. The summed E-state index contributed by atoms with van der Waals surface area (Å²) in [4.78, 5) is 49.3. The van der Waals surface area contributed by atoms with Gasteiger partial charge in [0.1, 0.15) is 6.54 Å². The van der Waals surface area contributed by atoms with Crippen molar-refractivity contribution < 1.29 is 32.3 Å². The lowest BCUT2D eigenvalue weighted by Crippen LogP contribution is -2.38. The van der Waals surface area contributed by atoms with Gasteiger partial charge in [-0.15, -0.1) is 10.2 Å². The Balaban J connectivity index is 1.43. The van der Waals surface area contributed by atoms with Gasteiger partial charge < -0.3 is 20.3 Å². The molecule has 0 saturated carbocycles. The second-order valence-electron chi connectivity index (χ2n) is 11.3. The van der Waals surface area contributed by atoms with E-state index in [0.717, 1.165) is 5.56 Å². The molecule has 0 unspecified atom stereocenters. The van der Waals surface area contributed by atoms with E-state index in [0.29, 0.717) is 51.8 Å². The number of benzene rings is 1. The first-order valence-corrected chi connectivity index (χ1v) is 15.0. The molecule has 0 bridgehead atoms. The van der Waals surface area contributed by atoms with Crippen LogP contribution >= 0.6 is 11.3 Å². The molecule has 46 heavy (non-hydrogen) atoms. The lowest BCUT2D eigenvalue weighted by molar-refractivity contribution is -0.125. The van der Waals surface area contributed by atoms with Crippen LogP contribution in [-0.2, 0) is 4.79 Å². The molecule has 0 spiro atoms. The average Bonchev–Trinajstić information content (AvgIpc) is 3.49. The highest BCUT2D eigenvalue weighted by molar-refractivity contribution is 7.17. The third-order valence-corrected chi connectivity index (χ3v) is 8.42. The highest BCUT2D eigenvalue weighted by Crippen LogP contribution is 2.51. The predicted octanol–water partition coefficient (Wildman–Crippen LogP) is 5.59. The van der Waals surface area contributed by atoms with Gasteiger partial charge in [0.2, 0.25) is 27.8 Å². The minimum absolute atomic E-state index is 0.0506. The van der Waals surface area contributed by atoms with Crippen LogP contribution in [0.5, 0.6) is 11.8 Å². The van der Waals surface area contributed by atoms with E-state index in [9.17, 15) is 27.6 Å². The first-order chi connectivity index (χ1) is 21.7. The van der Waals surface area contributed by atoms with Crippen LogP contribution in [-0.4, -0.2) is 69.1 Å². The minimum atomic E-state index is -4.59. The summed E-state index contributed by atoms with van der Waals surface area (Å²) in [5, 5.41) is 11.4. The number of anilines is 1. The number of halogens is 3. The van der Waals surface area contributed by atoms with E-state index in [4.69, 9.17) is 9.72 Å². The normalized spacial score (nSPS) is 14.0. The van der Waals surface area contributed by atoms with E-state index in [1.165, 1.54) is 0 Å².